The van der Waals surface area contributed by atoms with E-state index in [4.69, 9.17) is 9.47 Å². The summed E-state index contributed by atoms with van der Waals surface area (Å²) in [5.74, 6) is 0.472. The molecule has 0 saturated carbocycles. The molecule has 4 nitrogen and oxygen atoms in total. The third-order valence-electron chi connectivity index (χ3n) is 3.74. The second-order valence-electron chi connectivity index (χ2n) is 5.02. The number of fused-ring (bicyclic) bond motifs is 1. The van der Waals surface area contributed by atoms with E-state index in [0.29, 0.717) is 24.7 Å². The average molecular weight is 250 g/mol. The summed E-state index contributed by atoms with van der Waals surface area (Å²) in [6.07, 6.45) is 0. The number of benzene rings is 1. The zero-order valence-electron chi connectivity index (χ0n) is 10.9. The average Bonchev–Trinajstić information content (AvgIpc) is 2.36. The summed E-state index contributed by atoms with van der Waals surface area (Å²) in [6, 6.07) is 5.37. The summed E-state index contributed by atoms with van der Waals surface area (Å²) in [7, 11) is 0. The van der Waals surface area contributed by atoms with Crippen LogP contribution in [-0.4, -0.2) is 24.3 Å². The minimum Gasteiger partial charge on any atom is -0.486 e. The highest BCUT2D eigenvalue weighted by Gasteiger charge is 2.39. The van der Waals surface area contributed by atoms with Crippen LogP contribution in [0.2, 0.25) is 0 Å². The van der Waals surface area contributed by atoms with Crippen LogP contribution in [0.1, 0.15) is 26.3 Å². The summed E-state index contributed by atoms with van der Waals surface area (Å²) in [6.45, 7) is 6.59. The van der Waals surface area contributed by atoms with E-state index in [1.54, 1.807) is 19.1 Å². The van der Waals surface area contributed by atoms with Gasteiger partial charge in [0, 0.05) is 0 Å². The Bertz CT molecular complexity index is 467. The molecule has 1 aliphatic rings. The predicted octanol–water partition coefficient (Wildman–Crippen LogP) is 2.46. The molecule has 18 heavy (non-hydrogen) atoms. The Balaban J connectivity index is 2.46. The Morgan fingerprint density at radius 3 is 2.44 bits per heavy atom. The van der Waals surface area contributed by atoms with Crippen molar-refractivity contribution in [3.8, 4) is 11.5 Å². The van der Waals surface area contributed by atoms with Crippen LogP contribution in [0.3, 0.4) is 0 Å². The van der Waals surface area contributed by atoms with Crippen LogP contribution >= 0.6 is 0 Å². The standard InChI is InChI=1S/C14H18O4/c1-9(2)14(3,13(15)16)10-4-5-11-12(8-10)18-7-6-17-11/h4-5,8-9H,6-7H2,1-3H3,(H,15,16). The van der Waals surface area contributed by atoms with Gasteiger partial charge in [0.25, 0.3) is 0 Å². The van der Waals surface area contributed by atoms with Gasteiger partial charge in [-0.2, -0.15) is 0 Å². The molecule has 0 amide bonds. The molecule has 0 spiro atoms. The highest BCUT2D eigenvalue weighted by Crippen LogP contribution is 2.38. The van der Waals surface area contributed by atoms with Gasteiger partial charge in [-0.1, -0.05) is 19.9 Å². The van der Waals surface area contributed by atoms with Crippen molar-refractivity contribution in [3.05, 3.63) is 23.8 Å². The number of carbonyl (C=O) groups is 1. The van der Waals surface area contributed by atoms with Crippen LogP contribution in [0.25, 0.3) is 0 Å². The van der Waals surface area contributed by atoms with Gasteiger partial charge >= 0.3 is 5.97 Å². The molecule has 1 aliphatic heterocycles. The predicted molar refractivity (Wildman–Crippen MR) is 67.3 cm³/mol. The molecule has 1 unspecified atom stereocenters. The Labute approximate surface area is 107 Å². The fraction of sp³-hybridized carbons (Fsp3) is 0.500. The van der Waals surface area contributed by atoms with Gasteiger partial charge in [-0.3, -0.25) is 4.79 Å². The Hall–Kier alpha value is -1.71. The van der Waals surface area contributed by atoms with Crippen LogP contribution in [0.15, 0.2) is 18.2 Å². The SMILES string of the molecule is CC(C)C(C)(C(=O)O)c1ccc2c(c1)OCCO2. The van der Waals surface area contributed by atoms with Crippen molar-refractivity contribution in [1.29, 1.82) is 0 Å². The van der Waals surface area contributed by atoms with Gasteiger partial charge in [-0.15, -0.1) is 0 Å². The molecular weight excluding hydrogens is 232 g/mol. The molecule has 0 aliphatic carbocycles. The molecule has 0 radical (unpaired) electrons. The highest BCUT2D eigenvalue weighted by molar-refractivity contribution is 5.81. The molecule has 0 fully saturated rings. The second kappa shape index (κ2) is 4.52. The first kappa shape index (κ1) is 12.7. The molecule has 0 saturated heterocycles. The number of ether oxygens (including phenoxy) is 2. The number of rotatable bonds is 3. The normalized spacial score (nSPS) is 17.3. The molecule has 1 N–H and O–H groups in total. The summed E-state index contributed by atoms with van der Waals surface area (Å²) >= 11 is 0. The van der Waals surface area contributed by atoms with Gasteiger partial charge in [0.1, 0.15) is 13.2 Å². The maximum atomic E-state index is 11.6. The first-order chi connectivity index (χ1) is 8.46. The van der Waals surface area contributed by atoms with Gasteiger partial charge in [0.05, 0.1) is 5.41 Å². The first-order valence-electron chi connectivity index (χ1n) is 6.09. The van der Waals surface area contributed by atoms with Crippen molar-refractivity contribution >= 4 is 5.97 Å². The smallest absolute Gasteiger partial charge is 0.314 e. The summed E-state index contributed by atoms with van der Waals surface area (Å²) < 4.78 is 10.9. The van der Waals surface area contributed by atoms with E-state index >= 15 is 0 Å². The summed E-state index contributed by atoms with van der Waals surface area (Å²) in [4.78, 5) is 11.6. The van der Waals surface area contributed by atoms with Crippen molar-refractivity contribution in [2.24, 2.45) is 5.92 Å². The fourth-order valence-electron chi connectivity index (χ4n) is 2.07. The van der Waals surface area contributed by atoms with Crippen LogP contribution in [0, 0.1) is 5.92 Å². The molecule has 1 aromatic rings. The van der Waals surface area contributed by atoms with Crippen LogP contribution in [0.4, 0.5) is 0 Å². The molecule has 1 aromatic carbocycles. The van der Waals surface area contributed by atoms with Gasteiger partial charge in [0.2, 0.25) is 0 Å². The summed E-state index contributed by atoms with van der Waals surface area (Å²) in [5.41, 5.74) is -0.176. The largest absolute Gasteiger partial charge is 0.486 e. The number of hydrogen-bond donors (Lipinski definition) is 1. The third kappa shape index (κ3) is 1.92. The molecule has 0 bridgehead atoms. The van der Waals surface area contributed by atoms with Gasteiger partial charge in [-0.25, -0.2) is 0 Å². The van der Waals surface area contributed by atoms with Crippen molar-refractivity contribution in [2.75, 3.05) is 13.2 Å². The lowest BCUT2D eigenvalue weighted by Crippen LogP contribution is -2.37. The number of carboxylic acid groups (broad SMARTS) is 1. The Kier molecular flexibility index (Phi) is 3.20. The number of aliphatic carboxylic acids is 1. The molecule has 4 heteroatoms. The molecule has 98 valence electrons. The summed E-state index contributed by atoms with van der Waals surface area (Å²) in [5, 5.41) is 9.49. The monoisotopic (exact) mass is 250 g/mol. The topological polar surface area (TPSA) is 55.8 Å². The van der Waals surface area contributed by atoms with E-state index < -0.39 is 11.4 Å². The minimum absolute atomic E-state index is 0.0161. The second-order valence-corrected chi connectivity index (χ2v) is 5.02. The highest BCUT2D eigenvalue weighted by atomic mass is 16.6. The van der Waals surface area contributed by atoms with Crippen LogP contribution in [-0.2, 0) is 10.2 Å². The van der Waals surface area contributed by atoms with Gasteiger partial charge in [-0.05, 0) is 30.5 Å². The van der Waals surface area contributed by atoms with E-state index in [0.717, 1.165) is 5.56 Å². The van der Waals surface area contributed by atoms with E-state index in [-0.39, 0.29) is 5.92 Å². The quantitative estimate of drug-likeness (QED) is 0.895. The molecule has 0 aromatic heterocycles. The third-order valence-corrected chi connectivity index (χ3v) is 3.74. The lowest BCUT2D eigenvalue weighted by atomic mass is 9.73. The maximum Gasteiger partial charge on any atom is 0.314 e. The number of hydrogen-bond acceptors (Lipinski definition) is 3. The lowest BCUT2D eigenvalue weighted by Gasteiger charge is -2.30. The Morgan fingerprint density at radius 2 is 1.89 bits per heavy atom. The fourth-order valence-corrected chi connectivity index (χ4v) is 2.07. The van der Waals surface area contributed by atoms with Gasteiger partial charge in [0.15, 0.2) is 11.5 Å². The zero-order valence-corrected chi connectivity index (χ0v) is 10.9. The molecular formula is C14H18O4. The minimum atomic E-state index is -0.921. The van der Waals surface area contributed by atoms with Crippen molar-refractivity contribution in [2.45, 2.75) is 26.2 Å². The zero-order chi connectivity index (χ0) is 13.3. The molecule has 1 heterocycles. The van der Waals surface area contributed by atoms with Crippen molar-refractivity contribution < 1.29 is 19.4 Å². The lowest BCUT2D eigenvalue weighted by molar-refractivity contribution is -0.145. The number of carboxylic acids is 1. The van der Waals surface area contributed by atoms with E-state index in [1.165, 1.54) is 0 Å². The van der Waals surface area contributed by atoms with Gasteiger partial charge < -0.3 is 14.6 Å². The maximum absolute atomic E-state index is 11.6. The first-order valence-corrected chi connectivity index (χ1v) is 6.09. The van der Waals surface area contributed by atoms with Crippen molar-refractivity contribution in [1.82, 2.24) is 0 Å². The molecule has 2 rings (SSSR count). The van der Waals surface area contributed by atoms with Crippen LogP contribution in [0.5, 0.6) is 11.5 Å². The van der Waals surface area contributed by atoms with E-state index in [2.05, 4.69) is 0 Å². The Morgan fingerprint density at radius 1 is 1.28 bits per heavy atom. The van der Waals surface area contributed by atoms with Crippen LogP contribution < -0.4 is 9.47 Å². The van der Waals surface area contributed by atoms with Crippen molar-refractivity contribution in [3.63, 3.8) is 0 Å². The molecule has 1 atom stereocenters. The van der Waals surface area contributed by atoms with E-state index in [9.17, 15) is 9.90 Å². The van der Waals surface area contributed by atoms with E-state index in [1.807, 2.05) is 19.9 Å².